The maximum atomic E-state index is 15.2. The number of halogens is 2. The number of aliphatic carboxylic acids is 1. The highest BCUT2D eigenvalue weighted by Gasteiger charge is 2.47. The summed E-state index contributed by atoms with van der Waals surface area (Å²) in [7, 11) is 0. The molecular formula is C28H31F2N9O7. The summed E-state index contributed by atoms with van der Waals surface area (Å²) in [5, 5.41) is 37.5. The number of β-amino-alcohol motifs (C(OH)–C–C–N with tert-alkyl or cyclic N) is 1. The highest BCUT2D eigenvalue weighted by atomic mass is 19.1. The van der Waals surface area contributed by atoms with Crippen molar-refractivity contribution in [2.24, 2.45) is 5.10 Å². The number of carbonyl (C=O) groups is 3. The number of carboxylic acids is 1. The van der Waals surface area contributed by atoms with Crippen LogP contribution in [0.1, 0.15) is 25.3 Å². The van der Waals surface area contributed by atoms with Crippen molar-refractivity contribution in [2.45, 2.75) is 31.4 Å². The number of rotatable bonds is 13. The summed E-state index contributed by atoms with van der Waals surface area (Å²) in [5.74, 6) is -2.84. The van der Waals surface area contributed by atoms with E-state index in [1.165, 1.54) is 37.1 Å². The second-order valence-corrected chi connectivity index (χ2v) is 10.6. The zero-order chi connectivity index (χ0) is 32.8. The first-order valence-corrected chi connectivity index (χ1v) is 14.2. The molecule has 1 aromatic heterocycles. The third-order valence-corrected chi connectivity index (χ3v) is 7.62. The number of amides is 2. The lowest BCUT2D eigenvalue weighted by Crippen LogP contribution is -2.55. The van der Waals surface area contributed by atoms with E-state index in [1.54, 1.807) is 31.2 Å². The summed E-state index contributed by atoms with van der Waals surface area (Å²) in [6.45, 7) is 1.37. The predicted octanol–water partition coefficient (Wildman–Crippen LogP) is 1.95. The van der Waals surface area contributed by atoms with Gasteiger partial charge in [0.25, 0.3) is 0 Å². The van der Waals surface area contributed by atoms with E-state index in [-0.39, 0.29) is 58.0 Å². The Kier molecular flexibility index (Phi) is 9.55. The van der Waals surface area contributed by atoms with Gasteiger partial charge in [-0.05, 0) is 54.1 Å². The van der Waals surface area contributed by atoms with Crippen molar-refractivity contribution in [2.75, 3.05) is 44.5 Å². The number of anilines is 1. The van der Waals surface area contributed by atoms with Crippen LogP contribution in [0.25, 0.3) is 5.69 Å². The molecule has 2 aromatic carbocycles. The number of carbonyl (C=O) groups excluding carboxylic acids is 2. The van der Waals surface area contributed by atoms with Gasteiger partial charge in [0.1, 0.15) is 36.6 Å². The van der Waals surface area contributed by atoms with Crippen LogP contribution >= 0.6 is 0 Å². The Morgan fingerprint density at radius 3 is 2.54 bits per heavy atom. The number of benzene rings is 2. The summed E-state index contributed by atoms with van der Waals surface area (Å²) in [6, 6.07) is 8.34. The van der Waals surface area contributed by atoms with E-state index < -0.39 is 41.4 Å². The highest BCUT2D eigenvalue weighted by Crippen LogP contribution is 2.35. The van der Waals surface area contributed by atoms with Gasteiger partial charge in [-0.3, -0.25) is 14.7 Å². The predicted molar refractivity (Wildman–Crippen MR) is 154 cm³/mol. The van der Waals surface area contributed by atoms with Gasteiger partial charge in [-0.25, -0.2) is 23.1 Å². The average Bonchev–Trinajstić information content (AvgIpc) is 3.80. The summed E-state index contributed by atoms with van der Waals surface area (Å²) >= 11 is 0. The lowest BCUT2D eigenvalue weighted by Gasteiger charge is -2.41. The molecule has 0 saturated carbocycles. The van der Waals surface area contributed by atoms with E-state index in [0.717, 1.165) is 12.1 Å². The van der Waals surface area contributed by atoms with Gasteiger partial charge in [-0.15, -0.1) is 5.10 Å². The van der Waals surface area contributed by atoms with E-state index in [4.69, 9.17) is 14.6 Å². The first-order chi connectivity index (χ1) is 22.0. The van der Waals surface area contributed by atoms with Crippen molar-refractivity contribution in [3.63, 3.8) is 0 Å². The fourth-order valence-corrected chi connectivity index (χ4v) is 5.19. The summed E-state index contributed by atoms with van der Waals surface area (Å²) in [5.41, 5.74) is -1.02. The molecule has 0 unspecified atom stereocenters. The smallest absolute Gasteiger partial charge is 0.481 e. The first kappa shape index (κ1) is 32.0. The van der Waals surface area contributed by atoms with Crippen molar-refractivity contribution in [3.8, 4) is 5.69 Å². The number of ether oxygens (including phenoxy) is 2. The van der Waals surface area contributed by atoms with Crippen molar-refractivity contribution in [3.05, 3.63) is 66.0 Å². The maximum Gasteiger partial charge on any atom is 0.510 e. The van der Waals surface area contributed by atoms with E-state index in [2.05, 4.69) is 20.6 Å². The van der Waals surface area contributed by atoms with Crippen LogP contribution in [0.5, 0.6) is 0 Å². The molecule has 0 spiro atoms. The molecule has 1 fully saturated rings. The SMILES string of the molecule is C[C@@H](N1CCN(c2ccc(-n3cnnn3)cc2)C1=O)[C@@](O)(CN1CN(COC(=O)OCCCC(=O)O)C=N1)c1ccc(F)cc1F. The van der Waals surface area contributed by atoms with E-state index >= 15 is 4.39 Å². The van der Waals surface area contributed by atoms with Crippen LogP contribution in [0.3, 0.4) is 0 Å². The molecule has 2 N–H and O–H groups in total. The molecule has 46 heavy (non-hydrogen) atoms. The lowest BCUT2D eigenvalue weighted by atomic mass is 9.85. The Morgan fingerprint density at radius 2 is 1.85 bits per heavy atom. The Bertz CT molecular complexity index is 1580. The van der Waals surface area contributed by atoms with Crippen LogP contribution in [0.4, 0.5) is 24.1 Å². The minimum atomic E-state index is -2.06. The van der Waals surface area contributed by atoms with Gasteiger partial charge < -0.3 is 29.5 Å². The molecule has 1 saturated heterocycles. The number of tetrazole rings is 1. The van der Waals surface area contributed by atoms with Gasteiger partial charge >= 0.3 is 18.2 Å². The lowest BCUT2D eigenvalue weighted by molar-refractivity contribution is -0.137. The van der Waals surface area contributed by atoms with E-state index in [0.29, 0.717) is 17.4 Å². The number of hydrogen-bond acceptors (Lipinski definition) is 12. The second-order valence-electron chi connectivity index (χ2n) is 10.6. The maximum absolute atomic E-state index is 15.2. The third kappa shape index (κ3) is 7.12. The Labute approximate surface area is 261 Å². The molecule has 2 aliphatic heterocycles. The van der Waals surface area contributed by atoms with E-state index in [1.807, 2.05) is 0 Å². The fraction of sp³-hybridized carbons (Fsp3) is 0.393. The molecule has 2 atom stereocenters. The van der Waals surface area contributed by atoms with Crippen LogP contribution < -0.4 is 4.90 Å². The molecule has 244 valence electrons. The fourth-order valence-electron chi connectivity index (χ4n) is 5.19. The minimum absolute atomic E-state index is 0.0118. The molecule has 2 amide bonds. The zero-order valence-electron chi connectivity index (χ0n) is 24.6. The quantitative estimate of drug-likeness (QED) is 0.205. The monoisotopic (exact) mass is 643 g/mol. The van der Waals surface area contributed by atoms with E-state index in [9.17, 15) is 23.9 Å². The van der Waals surface area contributed by atoms with Crippen molar-refractivity contribution >= 4 is 30.2 Å². The molecule has 18 heteroatoms. The normalized spacial score (nSPS) is 16.6. The molecule has 0 bridgehead atoms. The summed E-state index contributed by atoms with van der Waals surface area (Å²) in [6.07, 6.45) is 1.75. The molecule has 0 radical (unpaired) electrons. The average molecular weight is 644 g/mol. The Balaban J connectivity index is 1.26. The first-order valence-electron chi connectivity index (χ1n) is 14.2. The number of urea groups is 1. The van der Waals surface area contributed by atoms with Crippen molar-refractivity contribution in [1.29, 1.82) is 0 Å². The number of carboxylic acid groups (broad SMARTS) is 1. The van der Waals surface area contributed by atoms with Gasteiger partial charge in [0, 0.05) is 36.8 Å². The number of aliphatic hydroxyl groups is 1. The number of nitrogens with zero attached hydrogens (tertiary/aromatic N) is 9. The second kappa shape index (κ2) is 13.7. The van der Waals surface area contributed by atoms with Crippen LogP contribution in [-0.2, 0) is 19.9 Å². The van der Waals surface area contributed by atoms with Gasteiger partial charge in [0.15, 0.2) is 6.73 Å². The van der Waals surface area contributed by atoms with Crippen LogP contribution in [-0.4, -0.2) is 115 Å². The highest BCUT2D eigenvalue weighted by molar-refractivity contribution is 5.94. The van der Waals surface area contributed by atoms with Gasteiger partial charge in [-0.2, -0.15) is 5.10 Å². The Morgan fingerprint density at radius 1 is 1.09 bits per heavy atom. The van der Waals surface area contributed by atoms with Crippen LogP contribution in [0.2, 0.25) is 0 Å². The number of hydrazone groups is 1. The largest absolute Gasteiger partial charge is 0.510 e. The molecule has 0 aliphatic carbocycles. The van der Waals surface area contributed by atoms with Crippen molar-refractivity contribution in [1.82, 2.24) is 35.0 Å². The summed E-state index contributed by atoms with van der Waals surface area (Å²) < 4.78 is 40.4. The summed E-state index contributed by atoms with van der Waals surface area (Å²) in [4.78, 5) is 40.5. The standard InChI is InChI=1S/C28H31F2N9O7/c1-19(37-10-11-38(26(37)42)21-5-7-22(8-6-21)39-15-31-33-34-39)28(44,23-9-4-20(29)13-24(23)30)14-36-17-35(16-32-36)18-46-27(43)45-12-2-3-25(40)41/h4-9,13,15-16,19,44H,2-3,10-12,14,17-18H2,1H3,(H,40,41)/t19-,28+/m1/s1. The molecule has 16 nitrogen and oxygen atoms in total. The molecule has 2 aliphatic rings. The van der Waals surface area contributed by atoms with Gasteiger partial charge in [0.05, 0.1) is 24.9 Å². The topological polar surface area (TPSA) is 179 Å². The molecule has 3 aromatic rings. The van der Waals surface area contributed by atoms with Gasteiger partial charge in [0.2, 0.25) is 0 Å². The molecule has 3 heterocycles. The Hall–Kier alpha value is -5.39. The zero-order valence-corrected chi connectivity index (χ0v) is 24.6. The van der Waals surface area contributed by atoms with Crippen LogP contribution in [0, 0.1) is 11.6 Å². The van der Waals surface area contributed by atoms with Gasteiger partial charge in [-0.1, -0.05) is 6.07 Å². The number of aromatic nitrogens is 4. The number of hydrogen-bond donors (Lipinski definition) is 2. The minimum Gasteiger partial charge on any atom is -0.481 e. The molecular weight excluding hydrogens is 612 g/mol. The molecule has 5 rings (SSSR count). The third-order valence-electron chi connectivity index (χ3n) is 7.62. The van der Waals surface area contributed by atoms with Crippen molar-refractivity contribution < 1.29 is 42.9 Å². The van der Waals surface area contributed by atoms with Crippen LogP contribution in [0.15, 0.2) is 53.9 Å².